The summed E-state index contributed by atoms with van der Waals surface area (Å²) in [6.45, 7) is 12.0. The van der Waals surface area contributed by atoms with Gasteiger partial charge in [-0.3, -0.25) is 4.79 Å². The zero-order chi connectivity index (χ0) is 37.0. The van der Waals surface area contributed by atoms with Crippen molar-refractivity contribution in [2.75, 3.05) is 73.4 Å². The van der Waals surface area contributed by atoms with Gasteiger partial charge in [0.05, 0.1) is 72.8 Å². The smallest absolute Gasteiger partial charge is 0.209 e. The van der Waals surface area contributed by atoms with Crippen molar-refractivity contribution in [3.63, 3.8) is 0 Å². The summed E-state index contributed by atoms with van der Waals surface area (Å²) in [5, 5.41) is 21.7. The van der Waals surface area contributed by atoms with Gasteiger partial charge in [-0.05, 0) is 55.8 Å². The van der Waals surface area contributed by atoms with E-state index >= 15 is 0 Å². The van der Waals surface area contributed by atoms with Crippen LogP contribution >= 0.6 is 23.2 Å². The monoisotopic (exact) mass is 870 g/mol. The van der Waals surface area contributed by atoms with Crippen molar-refractivity contribution < 1.29 is 52.3 Å². The summed E-state index contributed by atoms with van der Waals surface area (Å²) < 4.78 is 3.96. The SMILES string of the molecule is CC1(C)C(/C=C2\C(=O)C(/C=C3\N(CCC[N+](C)(C)C)c4ccc(Cl)cc4C3(C)C)=C2C(=C=[N-])C#N)=[N+](CCC[N+](C)(C)C)c2ccc(Cl)cc21.[Br-].[Br-]. The molecular formula is C41H50Br2Cl2N6O. The predicted octanol–water partition coefficient (Wildman–Crippen LogP) is 1.75. The molecule has 0 atom stereocenters. The van der Waals surface area contributed by atoms with E-state index in [-0.39, 0.29) is 45.3 Å². The molecule has 52 heavy (non-hydrogen) atoms. The fourth-order valence-electron chi connectivity index (χ4n) is 7.51. The zero-order valence-electron chi connectivity index (χ0n) is 32.0. The lowest BCUT2D eigenvalue weighted by Gasteiger charge is -2.31. The molecule has 1 aliphatic carbocycles. The van der Waals surface area contributed by atoms with Gasteiger partial charge in [0, 0.05) is 74.2 Å². The van der Waals surface area contributed by atoms with Crippen LogP contribution in [0.1, 0.15) is 51.7 Å². The Hall–Kier alpha value is -2.80. The Morgan fingerprint density at radius 1 is 0.885 bits per heavy atom. The topological polar surface area (TPSA) is 69.4 Å². The van der Waals surface area contributed by atoms with Gasteiger partial charge < -0.3 is 53.2 Å². The first kappa shape index (κ1) is 43.6. The van der Waals surface area contributed by atoms with Crippen LogP contribution < -0.4 is 38.9 Å². The fourth-order valence-corrected chi connectivity index (χ4v) is 7.86. The number of ketones is 1. The van der Waals surface area contributed by atoms with Gasteiger partial charge >= 0.3 is 0 Å². The second-order valence-corrected chi connectivity index (χ2v) is 17.7. The van der Waals surface area contributed by atoms with Crippen molar-refractivity contribution in [1.82, 2.24) is 0 Å². The maximum atomic E-state index is 14.4. The number of fused-ring (bicyclic) bond motifs is 2. The van der Waals surface area contributed by atoms with Gasteiger partial charge in [0.25, 0.3) is 0 Å². The quantitative estimate of drug-likeness (QED) is 0.114. The largest absolute Gasteiger partial charge is 1.00 e. The number of nitrogens with zero attached hydrogens (tertiary/aromatic N) is 6. The molecule has 0 aromatic heterocycles. The van der Waals surface area contributed by atoms with Gasteiger partial charge in [-0.1, -0.05) is 37.0 Å². The van der Waals surface area contributed by atoms with E-state index in [0.29, 0.717) is 26.8 Å². The summed E-state index contributed by atoms with van der Waals surface area (Å²) in [5.41, 5.74) is 6.36. The normalized spacial score (nSPS) is 18.8. The van der Waals surface area contributed by atoms with Crippen LogP contribution in [0.25, 0.3) is 5.41 Å². The Morgan fingerprint density at radius 3 is 2.04 bits per heavy atom. The summed E-state index contributed by atoms with van der Waals surface area (Å²) in [5.74, 6) is 1.93. The van der Waals surface area contributed by atoms with E-state index in [2.05, 4.69) is 91.4 Å². The fraction of sp³-hybridized carbons (Fsp3) is 0.439. The van der Waals surface area contributed by atoms with Crippen molar-refractivity contribution >= 4 is 51.9 Å². The molecule has 0 unspecified atom stereocenters. The van der Waals surface area contributed by atoms with E-state index in [1.165, 1.54) is 0 Å². The molecule has 5 rings (SSSR count). The van der Waals surface area contributed by atoms with Crippen LogP contribution in [-0.4, -0.2) is 99.4 Å². The lowest BCUT2D eigenvalue weighted by molar-refractivity contribution is -0.871. The average Bonchev–Trinajstić information content (AvgIpc) is 3.34. The highest BCUT2D eigenvalue weighted by molar-refractivity contribution is 6.31. The molecule has 0 bridgehead atoms. The minimum absolute atomic E-state index is 0. The number of hydrogen-bond acceptors (Lipinski definition) is 3. The average molecular weight is 874 g/mol. The standard InChI is InChI=1S/C41H50Cl2N6O.2BrH/c1-40(2)32-21-28(42)13-15-34(32)46(17-11-19-48(5,6)7)36(40)23-30-38(27(25-44)26-45)31(39(30)50)24-37-41(3,4)33-22-29(43)14-16-35(33)47(37)18-12-20-49(8,9)10;;/h13-16,21-24H,11-12,17-20H2,1-10H3;2*1H/q+2;;/p-2. The van der Waals surface area contributed by atoms with Gasteiger partial charge in [0.2, 0.25) is 5.69 Å². The molecule has 0 fully saturated rings. The van der Waals surface area contributed by atoms with Crippen molar-refractivity contribution in [2.24, 2.45) is 0 Å². The lowest BCUT2D eigenvalue weighted by atomic mass is 9.73. The molecule has 3 aliphatic rings. The maximum absolute atomic E-state index is 14.4. The highest BCUT2D eigenvalue weighted by Crippen LogP contribution is 2.51. The van der Waals surface area contributed by atoms with Crippen molar-refractivity contribution in [2.45, 2.75) is 51.4 Å². The molecule has 2 aromatic carbocycles. The Balaban J connectivity index is 0.00000364. The van der Waals surface area contributed by atoms with Crippen LogP contribution in [0.3, 0.4) is 0 Å². The first-order valence-electron chi connectivity index (χ1n) is 17.3. The Morgan fingerprint density at radius 2 is 1.46 bits per heavy atom. The van der Waals surface area contributed by atoms with E-state index < -0.39 is 10.8 Å². The highest BCUT2D eigenvalue weighted by atomic mass is 79.9. The number of carbonyl (C=O) groups excluding carboxylic acids is 1. The van der Waals surface area contributed by atoms with Crippen LogP contribution in [0.15, 0.2) is 76.5 Å². The highest BCUT2D eigenvalue weighted by Gasteiger charge is 2.48. The summed E-state index contributed by atoms with van der Waals surface area (Å²) >= 11 is 13.0. The third-order valence-corrected chi connectivity index (χ3v) is 10.7. The van der Waals surface area contributed by atoms with E-state index in [0.717, 1.165) is 81.9 Å². The van der Waals surface area contributed by atoms with Gasteiger partial charge in [-0.25, -0.2) is 5.87 Å². The lowest BCUT2D eigenvalue weighted by Crippen LogP contribution is -3.00. The molecule has 2 aliphatic heterocycles. The van der Waals surface area contributed by atoms with Crippen molar-refractivity contribution in [3.05, 3.63) is 103 Å². The second kappa shape index (κ2) is 15.9. The number of anilines is 1. The number of quaternary nitrogens is 2. The van der Waals surface area contributed by atoms with E-state index in [1.807, 2.05) is 48.6 Å². The van der Waals surface area contributed by atoms with E-state index in [4.69, 9.17) is 23.2 Å². The van der Waals surface area contributed by atoms with Crippen LogP contribution in [0.4, 0.5) is 11.4 Å². The Labute approximate surface area is 341 Å². The predicted molar refractivity (Wildman–Crippen MR) is 207 cm³/mol. The Bertz CT molecular complexity index is 2000. The van der Waals surface area contributed by atoms with Crippen LogP contribution in [0, 0.1) is 11.3 Å². The van der Waals surface area contributed by atoms with Crippen LogP contribution in [0.2, 0.25) is 10.0 Å². The number of rotatable bonds is 11. The number of hydrogen-bond donors (Lipinski definition) is 0. The molecule has 7 nitrogen and oxygen atoms in total. The van der Waals surface area contributed by atoms with Gasteiger partial charge in [-0.15, -0.1) is 0 Å². The van der Waals surface area contributed by atoms with Crippen molar-refractivity contribution in [1.29, 1.82) is 5.26 Å². The van der Waals surface area contributed by atoms with Crippen LogP contribution in [0.5, 0.6) is 0 Å². The molecule has 0 saturated carbocycles. The molecule has 0 N–H and O–H groups in total. The first-order chi connectivity index (χ1) is 23.2. The molecular weight excluding hydrogens is 823 g/mol. The minimum Gasteiger partial charge on any atom is -1.00 e. The molecule has 0 radical (unpaired) electrons. The van der Waals surface area contributed by atoms with E-state index in [1.54, 1.807) is 0 Å². The molecule has 0 saturated heterocycles. The summed E-state index contributed by atoms with van der Waals surface area (Å²) in [6.07, 6.45) is 5.70. The Kier molecular flexibility index (Phi) is 13.3. The summed E-state index contributed by atoms with van der Waals surface area (Å²) in [4.78, 5) is 16.6. The first-order valence-corrected chi connectivity index (χ1v) is 18.0. The second-order valence-electron chi connectivity index (χ2n) is 16.8. The van der Waals surface area contributed by atoms with E-state index in [9.17, 15) is 15.5 Å². The van der Waals surface area contributed by atoms with Gasteiger partial charge in [0.1, 0.15) is 6.07 Å². The number of benzene rings is 2. The molecule has 2 heterocycles. The maximum Gasteiger partial charge on any atom is 0.209 e. The molecule has 0 spiro atoms. The summed E-state index contributed by atoms with van der Waals surface area (Å²) in [7, 11) is 13.1. The number of nitriles is 1. The van der Waals surface area contributed by atoms with Crippen LogP contribution in [-0.2, 0) is 15.6 Å². The minimum atomic E-state index is -0.473. The molecule has 11 heteroatoms. The number of Topliss-reactive ketones (excluding diaryl/α,β-unsaturated/α-hetero) is 1. The van der Waals surface area contributed by atoms with Gasteiger partial charge in [0.15, 0.2) is 18.0 Å². The third-order valence-electron chi connectivity index (χ3n) is 10.2. The number of halogens is 4. The third kappa shape index (κ3) is 8.45. The molecule has 278 valence electrons. The molecule has 2 aromatic rings. The number of carbonyl (C=O) groups is 1. The molecule has 0 amide bonds. The van der Waals surface area contributed by atoms with Gasteiger partial charge in [-0.2, -0.15) is 9.84 Å². The van der Waals surface area contributed by atoms with Crippen molar-refractivity contribution in [3.8, 4) is 6.07 Å². The summed E-state index contributed by atoms with van der Waals surface area (Å²) in [6, 6.07) is 14.0. The number of allylic oxidation sites excluding steroid dienone is 7. The zero-order valence-corrected chi connectivity index (χ0v) is 36.6.